The first-order chi connectivity index (χ1) is 7.50. The van der Waals surface area contributed by atoms with Crippen LogP contribution >= 0.6 is 0 Å². The van der Waals surface area contributed by atoms with Gasteiger partial charge < -0.3 is 15.3 Å². The quantitative estimate of drug-likeness (QED) is 0.761. The second kappa shape index (κ2) is 5.72. The number of amides is 2. The molecule has 16 heavy (non-hydrogen) atoms. The average Bonchev–Trinajstić information content (AvgIpc) is 2.26. The van der Waals surface area contributed by atoms with Crippen molar-refractivity contribution in [3.8, 4) is 0 Å². The molecule has 0 saturated carbocycles. The highest BCUT2D eigenvalue weighted by atomic mass is 16.4. The molecule has 5 heteroatoms. The number of carboxylic acids is 1. The molecule has 1 rings (SSSR count). The number of nitrogens with one attached hydrogen (secondary N) is 1. The summed E-state index contributed by atoms with van der Waals surface area (Å²) in [7, 11) is 0. The minimum atomic E-state index is -0.804. The van der Waals surface area contributed by atoms with Gasteiger partial charge in [-0.25, -0.2) is 4.79 Å². The topological polar surface area (TPSA) is 69.6 Å². The molecule has 0 aliphatic carbocycles. The Morgan fingerprint density at radius 2 is 2.19 bits per heavy atom. The van der Waals surface area contributed by atoms with Crippen LogP contribution in [0.15, 0.2) is 0 Å². The minimum absolute atomic E-state index is 0.139. The molecule has 92 valence electrons. The van der Waals surface area contributed by atoms with Crippen LogP contribution in [0.25, 0.3) is 0 Å². The van der Waals surface area contributed by atoms with Crippen LogP contribution in [-0.2, 0) is 4.79 Å². The number of nitrogens with zero attached hydrogens (tertiary/aromatic N) is 1. The van der Waals surface area contributed by atoms with E-state index in [4.69, 9.17) is 5.11 Å². The first-order valence-corrected chi connectivity index (χ1v) is 5.76. The summed E-state index contributed by atoms with van der Waals surface area (Å²) in [4.78, 5) is 24.1. The fourth-order valence-electron chi connectivity index (χ4n) is 1.77. The van der Waals surface area contributed by atoms with Crippen LogP contribution in [-0.4, -0.2) is 41.6 Å². The van der Waals surface area contributed by atoms with Gasteiger partial charge in [0, 0.05) is 19.6 Å². The van der Waals surface area contributed by atoms with Crippen LogP contribution in [0.5, 0.6) is 0 Å². The largest absolute Gasteiger partial charge is 0.481 e. The van der Waals surface area contributed by atoms with E-state index >= 15 is 0 Å². The molecule has 2 N–H and O–H groups in total. The number of aliphatic carboxylic acids is 1. The third-order valence-electron chi connectivity index (χ3n) is 2.72. The summed E-state index contributed by atoms with van der Waals surface area (Å²) in [5.41, 5.74) is 0. The van der Waals surface area contributed by atoms with Crippen molar-refractivity contribution in [3.63, 3.8) is 0 Å². The maximum Gasteiger partial charge on any atom is 0.317 e. The zero-order chi connectivity index (χ0) is 12.1. The van der Waals surface area contributed by atoms with E-state index in [1.165, 1.54) is 0 Å². The standard InChI is InChI=1S/C11H20N2O3/c1-8(2)6-12-11(16)13-5-3-4-9(7-13)10(14)15/h8-9H,3-7H2,1-2H3,(H,12,16)(H,14,15)/t9-/m1/s1. The van der Waals surface area contributed by atoms with Gasteiger partial charge in [0.15, 0.2) is 0 Å². The van der Waals surface area contributed by atoms with Crippen LogP contribution in [0, 0.1) is 11.8 Å². The van der Waals surface area contributed by atoms with Crippen LogP contribution in [0.4, 0.5) is 4.79 Å². The van der Waals surface area contributed by atoms with E-state index in [0.717, 1.165) is 6.42 Å². The van der Waals surface area contributed by atoms with Crippen molar-refractivity contribution >= 4 is 12.0 Å². The molecule has 1 fully saturated rings. The number of carbonyl (C=O) groups excluding carboxylic acids is 1. The molecule has 5 nitrogen and oxygen atoms in total. The van der Waals surface area contributed by atoms with Gasteiger partial charge >= 0.3 is 12.0 Å². The second-order valence-electron chi connectivity index (χ2n) is 4.70. The van der Waals surface area contributed by atoms with E-state index in [1.54, 1.807) is 4.90 Å². The summed E-state index contributed by atoms with van der Waals surface area (Å²) in [5.74, 6) is -0.802. The molecule has 0 radical (unpaired) electrons. The number of urea groups is 1. The summed E-state index contributed by atoms with van der Waals surface area (Å²) in [6.07, 6.45) is 1.44. The Morgan fingerprint density at radius 3 is 2.75 bits per heavy atom. The molecule has 1 saturated heterocycles. The molecule has 0 unspecified atom stereocenters. The maximum atomic E-state index is 11.7. The predicted molar refractivity (Wildman–Crippen MR) is 60.2 cm³/mol. The maximum absolute atomic E-state index is 11.7. The average molecular weight is 228 g/mol. The third-order valence-corrected chi connectivity index (χ3v) is 2.72. The summed E-state index contributed by atoms with van der Waals surface area (Å²) in [5, 5.41) is 11.7. The number of likely N-dealkylation sites (tertiary alicyclic amines) is 1. The van der Waals surface area contributed by atoms with Crippen LogP contribution < -0.4 is 5.32 Å². The van der Waals surface area contributed by atoms with Gasteiger partial charge in [-0.1, -0.05) is 13.8 Å². The minimum Gasteiger partial charge on any atom is -0.481 e. The van der Waals surface area contributed by atoms with Gasteiger partial charge in [-0.3, -0.25) is 4.79 Å². The number of hydrogen-bond acceptors (Lipinski definition) is 2. The van der Waals surface area contributed by atoms with Gasteiger partial charge in [0.2, 0.25) is 0 Å². The molecular weight excluding hydrogens is 208 g/mol. The first-order valence-electron chi connectivity index (χ1n) is 5.76. The molecule has 0 bridgehead atoms. The first kappa shape index (κ1) is 12.8. The lowest BCUT2D eigenvalue weighted by Crippen LogP contribution is -2.47. The van der Waals surface area contributed by atoms with Crippen molar-refractivity contribution in [1.82, 2.24) is 10.2 Å². The molecule has 1 aliphatic heterocycles. The van der Waals surface area contributed by atoms with E-state index in [-0.39, 0.29) is 6.03 Å². The number of rotatable bonds is 3. The van der Waals surface area contributed by atoms with Gasteiger partial charge in [-0.05, 0) is 18.8 Å². The Balaban J connectivity index is 2.41. The highest BCUT2D eigenvalue weighted by Gasteiger charge is 2.27. The summed E-state index contributed by atoms with van der Waals surface area (Å²) in [6.45, 7) is 5.67. The van der Waals surface area contributed by atoms with Crippen molar-refractivity contribution < 1.29 is 14.7 Å². The molecule has 0 spiro atoms. The van der Waals surface area contributed by atoms with Gasteiger partial charge in [0.05, 0.1) is 5.92 Å². The summed E-state index contributed by atoms with van der Waals surface area (Å²) >= 11 is 0. The van der Waals surface area contributed by atoms with Crippen molar-refractivity contribution in [3.05, 3.63) is 0 Å². The number of carbonyl (C=O) groups is 2. The van der Waals surface area contributed by atoms with Gasteiger partial charge in [0.25, 0.3) is 0 Å². The molecule has 1 atom stereocenters. The SMILES string of the molecule is CC(C)CNC(=O)N1CCC[C@@H](C(=O)O)C1. The Kier molecular flexibility index (Phi) is 4.58. The van der Waals surface area contributed by atoms with E-state index < -0.39 is 11.9 Å². The normalized spacial score (nSPS) is 20.9. The highest BCUT2D eigenvalue weighted by molar-refractivity contribution is 5.76. The van der Waals surface area contributed by atoms with Crippen molar-refractivity contribution in [2.75, 3.05) is 19.6 Å². The number of carboxylic acid groups (broad SMARTS) is 1. The lowest BCUT2D eigenvalue weighted by molar-refractivity contribution is -0.143. The van der Waals surface area contributed by atoms with E-state index in [0.29, 0.717) is 32.0 Å². The predicted octanol–water partition coefficient (Wildman–Crippen LogP) is 1.15. The van der Waals surface area contributed by atoms with E-state index in [9.17, 15) is 9.59 Å². The Labute approximate surface area is 95.8 Å². The monoisotopic (exact) mass is 228 g/mol. The second-order valence-corrected chi connectivity index (χ2v) is 4.70. The van der Waals surface area contributed by atoms with Crippen molar-refractivity contribution in [1.29, 1.82) is 0 Å². The lowest BCUT2D eigenvalue weighted by Gasteiger charge is -2.30. The Hall–Kier alpha value is -1.26. The molecule has 0 aromatic rings. The van der Waals surface area contributed by atoms with E-state index in [1.807, 2.05) is 13.8 Å². The fourth-order valence-corrected chi connectivity index (χ4v) is 1.77. The van der Waals surface area contributed by atoms with Crippen LogP contribution in [0.3, 0.4) is 0 Å². The van der Waals surface area contributed by atoms with Gasteiger partial charge in [-0.2, -0.15) is 0 Å². The van der Waals surface area contributed by atoms with Gasteiger partial charge in [-0.15, -0.1) is 0 Å². The highest BCUT2D eigenvalue weighted by Crippen LogP contribution is 2.16. The zero-order valence-corrected chi connectivity index (χ0v) is 9.90. The third kappa shape index (κ3) is 3.72. The lowest BCUT2D eigenvalue weighted by atomic mass is 9.99. The molecule has 0 aromatic carbocycles. The smallest absolute Gasteiger partial charge is 0.317 e. The fraction of sp³-hybridized carbons (Fsp3) is 0.818. The molecule has 0 aromatic heterocycles. The van der Waals surface area contributed by atoms with Crippen molar-refractivity contribution in [2.45, 2.75) is 26.7 Å². The Morgan fingerprint density at radius 1 is 1.50 bits per heavy atom. The summed E-state index contributed by atoms with van der Waals surface area (Å²) < 4.78 is 0. The van der Waals surface area contributed by atoms with E-state index in [2.05, 4.69) is 5.32 Å². The zero-order valence-electron chi connectivity index (χ0n) is 9.90. The summed E-state index contributed by atoms with van der Waals surface area (Å²) in [6, 6.07) is -0.139. The molecule has 1 heterocycles. The van der Waals surface area contributed by atoms with Crippen LogP contribution in [0.1, 0.15) is 26.7 Å². The molecule has 2 amide bonds. The number of hydrogen-bond donors (Lipinski definition) is 2. The molecular formula is C11H20N2O3. The molecule has 1 aliphatic rings. The Bertz CT molecular complexity index is 266. The van der Waals surface area contributed by atoms with Crippen molar-refractivity contribution in [2.24, 2.45) is 11.8 Å². The van der Waals surface area contributed by atoms with Crippen LogP contribution in [0.2, 0.25) is 0 Å². The number of piperidine rings is 1. The van der Waals surface area contributed by atoms with Gasteiger partial charge in [0.1, 0.15) is 0 Å².